The topological polar surface area (TPSA) is 54.5 Å². The number of nitrogens with zero attached hydrogens (tertiary/aromatic N) is 1. The third-order valence-electron chi connectivity index (χ3n) is 4.25. The van der Waals surface area contributed by atoms with E-state index in [4.69, 9.17) is 0 Å². The van der Waals surface area contributed by atoms with Gasteiger partial charge in [-0.3, -0.25) is 4.79 Å². The average molecular weight is 389 g/mol. The predicted octanol–water partition coefficient (Wildman–Crippen LogP) is 3.80. The molecule has 0 aliphatic carbocycles. The van der Waals surface area contributed by atoms with Crippen LogP contribution < -0.4 is 0 Å². The SMILES string of the molecule is CC1c2ccsc2CCN1C(=O)c1ccc(S(=O)(=O)C(F)(F)F)cc1. The molecule has 0 N–H and O–H groups in total. The molecule has 1 aliphatic rings. The van der Waals surface area contributed by atoms with E-state index in [-0.39, 0.29) is 17.5 Å². The lowest BCUT2D eigenvalue weighted by molar-refractivity contribution is -0.0436. The van der Waals surface area contributed by atoms with Gasteiger partial charge in [0.1, 0.15) is 0 Å². The van der Waals surface area contributed by atoms with Crippen molar-refractivity contribution in [2.75, 3.05) is 6.54 Å². The number of thiophene rings is 1. The zero-order chi connectivity index (χ0) is 18.4. The Bertz CT molecular complexity index is 901. The van der Waals surface area contributed by atoms with Gasteiger partial charge < -0.3 is 4.90 Å². The number of amides is 1. The van der Waals surface area contributed by atoms with Gasteiger partial charge in [-0.15, -0.1) is 11.3 Å². The molecule has 2 aromatic rings. The highest BCUT2D eigenvalue weighted by atomic mass is 32.2. The molecule has 1 unspecified atom stereocenters. The van der Waals surface area contributed by atoms with Crippen LogP contribution in [0.2, 0.25) is 0 Å². The Morgan fingerprint density at radius 3 is 2.44 bits per heavy atom. The van der Waals surface area contributed by atoms with Gasteiger partial charge >= 0.3 is 5.51 Å². The van der Waals surface area contributed by atoms with Crippen LogP contribution in [0.25, 0.3) is 0 Å². The van der Waals surface area contributed by atoms with E-state index in [2.05, 4.69) is 0 Å². The van der Waals surface area contributed by atoms with E-state index in [9.17, 15) is 26.4 Å². The summed E-state index contributed by atoms with van der Waals surface area (Å²) in [4.78, 5) is 14.7. The number of hydrogen-bond donors (Lipinski definition) is 0. The number of halogens is 3. The Kier molecular flexibility index (Phi) is 4.40. The first kappa shape index (κ1) is 17.9. The third kappa shape index (κ3) is 3.06. The first-order valence-electron chi connectivity index (χ1n) is 7.41. The molecule has 2 heterocycles. The summed E-state index contributed by atoms with van der Waals surface area (Å²) >= 11 is 1.63. The smallest absolute Gasteiger partial charge is 0.331 e. The Hall–Kier alpha value is -1.87. The monoisotopic (exact) mass is 389 g/mol. The van der Waals surface area contributed by atoms with Gasteiger partial charge in [0.25, 0.3) is 15.7 Å². The number of carbonyl (C=O) groups excluding carboxylic acids is 1. The van der Waals surface area contributed by atoms with Crippen LogP contribution in [0.3, 0.4) is 0 Å². The number of alkyl halides is 3. The van der Waals surface area contributed by atoms with E-state index in [0.717, 1.165) is 36.2 Å². The minimum absolute atomic E-state index is 0.138. The molecule has 1 aromatic carbocycles. The molecule has 25 heavy (non-hydrogen) atoms. The van der Waals surface area contributed by atoms with Crippen LogP contribution in [-0.4, -0.2) is 31.3 Å². The second kappa shape index (κ2) is 6.14. The molecule has 3 rings (SSSR count). The molecular formula is C16H14F3NO3S2. The van der Waals surface area contributed by atoms with E-state index in [1.54, 1.807) is 16.2 Å². The van der Waals surface area contributed by atoms with Gasteiger partial charge in [0.05, 0.1) is 10.9 Å². The normalized spacial score (nSPS) is 18.1. The predicted molar refractivity (Wildman–Crippen MR) is 87.2 cm³/mol. The van der Waals surface area contributed by atoms with Gasteiger partial charge in [-0.1, -0.05) is 0 Å². The fraction of sp³-hybridized carbons (Fsp3) is 0.312. The Morgan fingerprint density at radius 2 is 1.84 bits per heavy atom. The average Bonchev–Trinajstić information content (AvgIpc) is 3.03. The van der Waals surface area contributed by atoms with Gasteiger partial charge in [0.2, 0.25) is 0 Å². The molecule has 1 atom stereocenters. The number of carbonyl (C=O) groups is 1. The van der Waals surface area contributed by atoms with Gasteiger partial charge in [-0.2, -0.15) is 13.2 Å². The van der Waals surface area contributed by atoms with Crippen molar-refractivity contribution in [3.8, 4) is 0 Å². The number of rotatable bonds is 2. The van der Waals surface area contributed by atoms with Gasteiger partial charge in [-0.25, -0.2) is 8.42 Å². The maximum atomic E-state index is 12.7. The Morgan fingerprint density at radius 1 is 1.20 bits per heavy atom. The summed E-state index contributed by atoms with van der Waals surface area (Å²) in [6, 6.07) is 5.71. The summed E-state index contributed by atoms with van der Waals surface area (Å²) < 4.78 is 60.5. The lowest BCUT2D eigenvalue weighted by atomic mass is 10.0. The summed E-state index contributed by atoms with van der Waals surface area (Å²) in [5, 5.41) is 1.96. The van der Waals surface area contributed by atoms with Crippen molar-refractivity contribution < 1.29 is 26.4 Å². The standard InChI is InChI=1S/C16H14F3NO3S2/c1-10-13-7-9-24-14(13)6-8-20(10)15(21)11-2-4-12(5-3-11)25(22,23)16(17,18)19/h2-5,7,9-10H,6,8H2,1H3. The van der Waals surface area contributed by atoms with Crippen molar-refractivity contribution in [1.29, 1.82) is 0 Å². The molecule has 0 saturated heterocycles. The molecule has 9 heteroatoms. The van der Waals surface area contributed by atoms with E-state index >= 15 is 0 Å². The van der Waals surface area contributed by atoms with Crippen LogP contribution in [0.4, 0.5) is 13.2 Å². The molecule has 1 aliphatic heterocycles. The highest BCUT2D eigenvalue weighted by molar-refractivity contribution is 7.92. The third-order valence-corrected chi connectivity index (χ3v) is 6.75. The molecule has 0 radical (unpaired) electrons. The van der Waals surface area contributed by atoms with Crippen LogP contribution in [0.5, 0.6) is 0 Å². The van der Waals surface area contributed by atoms with E-state index < -0.39 is 20.2 Å². The minimum Gasteiger partial charge on any atom is -0.331 e. The minimum atomic E-state index is -5.41. The maximum absolute atomic E-state index is 12.7. The van der Waals surface area contributed by atoms with Gasteiger partial charge in [0.15, 0.2) is 0 Å². The molecule has 1 aromatic heterocycles. The number of fused-ring (bicyclic) bond motifs is 1. The van der Waals surface area contributed by atoms with E-state index in [1.807, 2.05) is 18.4 Å². The summed E-state index contributed by atoms with van der Waals surface area (Å²) in [5.74, 6) is -0.333. The Balaban J connectivity index is 1.85. The van der Waals surface area contributed by atoms with Crippen LogP contribution >= 0.6 is 11.3 Å². The fourth-order valence-corrected chi connectivity index (χ4v) is 4.59. The number of hydrogen-bond acceptors (Lipinski definition) is 4. The molecule has 0 bridgehead atoms. The molecule has 0 fully saturated rings. The summed E-state index contributed by atoms with van der Waals surface area (Å²) in [6.45, 7) is 2.40. The lowest BCUT2D eigenvalue weighted by Crippen LogP contribution is -2.38. The van der Waals surface area contributed by atoms with Crippen molar-refractivity contribution in [2.24, 2.45) is 0 Å². The van der Waals surface area contributed by atoms with Gasteiger partial charge in [0, 0.05) is 17.0 Å². The van der Waals surface area contributed by atoms with Gasteiger partial charge in [-0.05, 0) is 54.6 Å². The second-order valence-corrected chi connectivity index (χ2v) is 8.64. The highest BCUT2D eigenvalue weighted by Crippen LogP contribution is 2.34. The van der Waals surface area contributed by atoms with Crippen molar-refractivity contribution >= 4 is 27.1 Å². The quantitative estimate of drug-likeness (QED) is 0.785. The number of sulfone groups is 1. The second-order valence-electron chi connectivity index (χ2n) is 5.70. The van der Waals surface area contributed by atoms with Crippen molar-refractivity contribution in [3.05, 3.63) is 51.7 Å². The van der Waals surface area contributed by atoms with Crippen LogP contribution in [0, 0.1) is 0 Å². The lowest BCUT2D eigenvalue weighted by Gasteiger charge is -2.33. The molecule has 4 nitrogen and oxygen atoms in total. The van der Waals surface area contributed by atoms with Crippen LogP contribution in [0.15, 0.2) is 40.6 Å². The zero-order valence-corrected chi connectivity index (χ0v) is 14.7. The molecule has 1 amide bonds. The van der Waals surface area contributed by atoms with Crippen molar-refractivity contribution in [2.45, 2.75) is 29.8 Å². The molecular weight excluding hydrogens is 375 g/mol. The van der Waals surface area contributed by atoms with Crippen LogP contribution in [-0.2, 0) is 16.3 Å². The summed E-state index contributed by atoms with van der Waals surface area (Å²) in [6.07, 6.45) is 0.726. The van der Waals surface area contributed by atoms with E-state index in [1.165, 1.54) is 4.88 Å². The number of benzene rings is 1. The van der Waals surface area contributed by atoms with E-state index in [0.29, 0.717) is 6.54 Å². The molecule has 134 valence electrons. The summed E-state index contributed by atoms with van der Waals surface area (Å²) in [5.41, 5.74) is -4.14. The highest BCUT2D eigenvalue weighted by Gasteiger charge is 2.46. The first-order chi connectivity index (χ1) is 11.6. The maximum Gasteiger partial charge on any atom is 0.501 e. The fourth-order valence-electron chi connectivity index (χ4n) is 2.86. The molecule has 0 spiro atoms. The van der Waals surface area contributed by atoms with Crippen molar-refractivity contribution in [1.82, 2.24) is 4.90 Å². The largest absolute Gasteiger partial charge is 0.501 e. The van der Waals surface area contributed by atoms with Crippen LogP contribution in [0.1, 0.15) is 33.8 Å². The zero-order valence-electron chi connectivity index (χ0n) is 13.1. The van der Waals surface area contributed by atoms with Crippen molar-refractivity contribution in [3.63, 3.8) is 0 Å². The Labute approximate surface area is 146 Å². The molecule has 0 saturated carbocycles. The summed E-state index contributed by atoms with van der Waals surface area (Å²) in [7, 11) is -5.41. The first-order valence-corrected chi connectivity index (χ1v) is 9.78.